The first-order valence-electron chi connectivity index (χ1n) is 16.8. The van der Waals surface area contributed by atoms with Gasteiger partial charge in [0, 0.05) is 22.3 Å². The number of aryl methyl sites for hydroxylation is 1. The summed E-state index contributed by atoms with van der Waals surface area (Å²) in [7, 11) is -3.93. The van der Waals surface area contributed by atoms with E-state index in [0.717, 1.165) is 28.3 Å². The number of aromatic nitrogens is 2. The number of sulfonamides is 1. The quantitative estimate of drug-likeness (QED) is 0.145. The van der Waals surface area contributed by atoms with E-state index in [1.54, 1.807) is 12.1 Å². The van der Waals surface area contributed by atoms with Crippen LogP contribution in [0, 0.1) is 6.92 Å². The van der Waals surface area contributed by atoms with E-state index < -0.39 is 16.1 Å². The number of nitrogens with one attached hydrogen (secondary N) is 1. The molecule has 0 fully saturated rings. The second kappa shape index (κ2) is 14.0. The van der Waals surface area contributed by atoms with Crippen LogP contribution in [0.3, 0.4) is 0 Å². The van der Waals surface area contributed by atoms with Crippen molar-refractivity contribution in [2.75, 3.05) is 0 Å². The molecular formula is C41H50N3O2S+. The average molecular weight is 649 g/mol. The van der Waals surface area contributed by atoms with Crippen molar-refractivity contribution in [2.24, 2.45) is 0 Å². The van der Waals surface area contributed by atoms with E-state index in [2.05, 4.69) is 118 Å². The molecule has 5 aromatic rings. The van der Waals surface area contributed by atoms with Crippen LogP contribution in [0.4, 0.5) is 0 Å². The minimum atomic E-state index is -3.93. The van der Waals surface area contributed by atoms with Crippen molar-refractivity contribution in [3.8, 4) is 11.4 Å². The Morgan fingerprint density at radius 3 is 1.60 bits per heavy atom. The van der Waals surface area contributed by atoms with Crippen molar-refractivity contribution >= 4 is 10.0 Å². The molecule has 5 nitrogen and oxygen atoms in total. The fraction of sp³-hybridized carbons (Fsp3) is 0.341. The number of nitrogens with zero attached hydrogens (tertiary/aromatic N) is 2. The summed E-state index contributed by atoms with van der Waals surface area (Å²) in [6, 6.07) is 29.4. The summed E-state index contributed by atoms with van der Waals surface area (Å²) >= 11 is 0. The zero-order valence-electron chi connectivity index (χ0n) is 29.3. The van der Waals surface area contributed by atoms with Gasteiger partial charge in [-0.15, -0.1) is 0 Å². The maximum absolute atomic E-state index is 14.3. The summed E-state index contributed by atoms with van der Waals surface area (Å²) in [6.07, 6.45) is 4.25. The third-order valence-corrected chi connectivity index (χ3v) is 10.5. The monoisotopic (exact) mass is 648 g/mol. The van der Waals surface area contributed by atoms with Gasteiger partial charge < -0.3 is 0 Å². The topological polar surface area (TPSA) is 55.0 Å². The molecule has 4 aromatic carbocycles. The Hall–Kier alpha value is -4.00. The first-order valence-corrected chi connectivity index (χ1v) is 18.3. The van der Waals surface area contributed by atoms with Crippen LogP contribution < -0.4 is 9.29 Å². The standard InChI is InChI=1S/C41H50N3O2S/c1-27(2)34-17-13-18-35(28(3)4)39(34)43-25-26-44(40-36(29(5)6)19-14-20-37(40)30(7)8)41(43)38(32-15-11-10-12-16-32)42-47(45,46)33-23-21-31(9)22-24-33/h10-30,38,42H,1-9H3/q+1. The molecule has 0 saturated carbocycles. The van der Waals surface area contributed by atoms with Gasteiger partial charge in [0.15, 0.2) is 0 Å². The lowest BCUT2D eigenvalue weighted by Gasteiger charge is -2.23. The molecule has 1 atom stereocenters. The first kappa shape index (κ1) is 34.3. The predicted octanol–water partition coefficient (Wildman–Crippen LogP) is 9.62. The van der Waals surface area contributed by atoms with Crippen LogP contribution in [-0.2, 0) is 10.0 Å². The van der Waals surface area contributed by atoms with Gasteiger partial charge in [0.05, 0.1) is 4.90 Å². The molecule has 0 spiro atoms. The van der Waals surface area contributed by atoms with E-state index in [0.29, 0.717) is 0 Å². The molecule has 0 amide bonds. The highest BCUT2D eigenvalue weighted by Crippen LogP contribution is 2.36. The molecule has 1 N–H and O–H groups in total. The minimum absolute atomic E-state index is 0.240. The number of rotatable bonds is 11. The van der Waals surface area contributed by atoms with Gasteiger partial charge >= 0.3 is 0 Å². The Morgan fingerprint density at radius 1 is 0.617 bits per heavy atom. The molecule has 5 rings (SSSR count). The Bertz CT molecular complexity index is 1800. The van der Waals surface area contributed by atoms with Gasteiger partial charge in [-0.1, -0.05) is 140 Å². The molecule has 47 heavy (non-hydrogen) atoms. The Kier molecular flexibility index (Phi) is 10.2. The molecule has 0 aliphatic heterocycles. The highest BCUT2D eigenvalue weighted by molar-refractivity contribution is 7.89. The van der Waals surface area contributed by atoms with Crippen LogP contribution in [0.2, 0.25) is 0 Å². The van der Waals surface area contributed by atoms with Crippen molar-refractivity contribution < 1.29 is 13.0 Å². The molecule has 1 unspecified atom stereocenters. The van der Waals surface area contributed by atoms with Crippen LogP contribution in [0.1, 0.15) is 124 Å². The molecule has 0 aliphatic carbocycles. The van der Waals surface area contributed by atoms with E-state index in [4.69, 9.17) is 0 Å². The van der Waals surface area contributed by atoms with Gasteiger partial charge in [-0.3, -0.25) is 0 Å². The highest BCUT2D eigenvalue weighted by atomic mass is 32.2. The number of hydrogen-bond donors (Lipinski definition) is 1. The van der Waals surface area contributed by atoms with Gasteiger partial charge in [0.25, 0.3) is 5.82 Å². The molecule has 0 bridgehead atoms. The lowest BCUT2D eigenvalue weighted by molar-refractivity contribution is -0.606. The van der Waals surface area contributed by atoms with Gasteiger partial charge in [-0.2, -0.15) is 13.9 Å². The van der Waals surface area contributed by atoms with Crippen molar-refractivity contribution in [2.45, 2.75) is 96.9 Å². The molecule has 0 radical (unpaired) electrons. The second-order valence-corrected chi connectivity index (χ2v) is 15.6. The smallest absolute Gasteiger partial charge is 0.207 e. The van der Waals surface area contributed by atoms with E-state index in [1.165, 1.54) is 22.3 Å². The molecule has 6 heteroatoms. The molecular weight excluding hydrogens is 599 g/mol. The zero-order valence-corrected chi connectivity index (χ0v) is 30.1. The zero-order chi connectivity index (χ0) is 34.0. The number of para-hydroxylation sites is 2. The number of imidazole rings is 1. The fourth-order valence-electron chi connectivity index (χ4n) is 6.49. The Labute approximate surface area is 282 Å². The van der Waals surface area contributed by atoms with Gasteiger partial charge in [-0.25, -0.2) is 8.42 Å². The lowest BCUT2D eigenvalue weighted by atomic mass is 9.91. The third-order valence-electron chi connectivity index (χ3n) is 9.02. The van der Waals surface area contributed by atoms with Crippen LogP contribution in [-0.4, -0.2) is 13.0 Å². The maximum atomic E-state index is 14.3. The van der Waals surface area contributed by atoms with Crippen LogP contribution in [0.25, 0.3) is 11.4 Å². The summed E-state index contributed by atoms with van der Waals surface area (Å²) in [4.78, 5) is 0.240. The van der Waals surface area contributed by atoms with E-state index in [-0.39, 0.29) is 28.6 Å². The summed E-state index contributed by atoms with van der Waals surface area (Å²) in [6.45, 7) is 19.7. The molecule has 0 saturated heterocycles. The van der Waals surface area contributed by atoms with E-state index >= 15 is 0 Å². The van der Waals surface area contributed by atoms with Crippen LogP contribution in [0.15, 0.2) is 108 Å². The number of benzene rings is 4. The Morgan fingerprint density at radius 2 is 1.11 bits per heavy atom. The van der Waals surface area contributed by atoms with Crippen molar-refractivity contribution in [1.29, 1.82) is 0 Å². The third kappa shape index (κ3) is 7.00. The summed E-state index contributed by atoms with van der Waals surface area (Å²) < 4.78 is 36.3. The first-order chi connectivity index (χ1) is 22.3. The van der Waals surface area contributed by atoms with Crippen LogP contribution >= 0.6 is 0 Å². The summed E-state index contributed by atoms with van der Waals surface area (Å²) in [5.74, 6) is 1.83. The van der Waals surface area contributed by atoms with Crippen molar-refractivity contribution in [3.05, 3.63) is 143 Å². The molecule has 246 valence electrons. The van der Waals surface area contributed by atoms with Gasteiger partial charge in [-0.05, 0) is 48.3 Å². The van der Waals surface area contributed by atoms with Gasteiger partial charge in [0.2, 0.25) is 10.0 Å². The lowest BCUT2D eigenvalue weighted by Crippen LogP contribution is -2.43. The van der Waals surface area contributed by atoms with Gasteiger partial charge in [0.1, 0.15) is 29.8 Å². The summed E-state index contributed by atoms with van der Waals surface area (Å²) in [5.41, 5.74) is 8.95. The summed E-state index contributed by atoms with van der Waals surface area (Å²) in [5, 5.41) is 0. The maximum Gasteiger partial charge on any atom is 0.289 e. The largest absolute Gasteiger partial charge is 0.289 e. The van der Waals surface area contributed by atoms with E-state index in [9.17, 15) is 8.42 Å². The van der Waals surface area contributed by atoms with Crippen molar-refractivity contribution in [3.63, 3.8) is 0 Å². The second-order valence-electron chi connectivity index (χ2n) is 13.9. The SMILES string of the molecule is Cc1ccc(S(=O)(=O)NC(c2ccccc2)c2n(-c3c(C(C)C)cccc3C(C)C)cc[n+]2-c2c(C(C)C)cccc2C(C)C)cc1. The normalized spacial score (nSPS) is 12.9. The Balaban J connectivity index is 1.93. The fourth-order valence-corrected chi connectivity index (χ4v) is 7.68. The average Bonchev–Trinajstić information content (AvgIpc) is 3.47. The van der Waals surface area contributed by atoms with Crippen molar-refractivity contribution in [1.82, 2.24) is 9.29 Å². The highest BCUT2D eigenvalue weighted by Gasteiger charge is 2.37. The van der Waals surface area contributed by atoms with E-state index in [1.807, 2.05) is 49.4 Å². The predicted molar refractivity (Wildman–Crippen MR) is 193 cm³/mol. The molecule has 1 aromatic heterocycles. The number of hydrogen-bond acceptors (Lipinski definition) is 2. The minimum Gasteiger partial charge on any atom is -0.207 e. The molecule has 0 aliphatic rings. The van der Waals surface area contributed by atoms with Crippen LogP contribution in [0.5, 0.6) is 0 Å². The molecule has 1 heterocycles.